The normalized spacial score (nSPS) is 14.7. The molecule has 0 radical (unpaired) electrons. The minimum atomic E-state index is -0.751. The molecule has 0 spiro atoms. The van der Waals surface area contributed by atoms with E-state index in [-0.39, 0.29) is 0 Å². The van der Waals surface area contributed by atoms with Gasteiger partial charge in [-0.3, -0.25) is 9.78 Å². The molecule has 5 rings (SSSR count). The molecule has 1 aliphatic heterocycles. The molecule has 2 N–H and O–H groups in total. The number of aryl methyl sites for hydroxylation is 1. The Kier molecular flexibility index (Phi) is 6.37. The number of hydrogen-bond acceptors (Lipinski definition) is 6. The van der Waals surface area contributed by atoms with E-state index in [2.05, 4.69) is 19.9 Å². The molecule has 1 atom stereocenters. The van der Waals surface area contributed by atoms with Crippen LogP contribution in [0, 0.1) is 5.82 Å². The van der Waals surface area contributed by atoms with E-state index in [1.54, 1.807) is 30.6 Å². The van der Waals surface area contributed by atoms with Crippen LogP contribution in [0.15, 0.2) is 61.2 Å². The number of anilines is 1. The quantitative estimate of drug-likeness (QED) is 0.459. The molecule has 178 valence electrons. The van der Waals surface area contributed by atoms with Gasteiger partial charge >= 0.3 is 0 Å². The van der Waals surface area contributed by atoms with E-state index in [1.165, 1.54) is 12.4 Å². The molecule has 35 heavy (non-hydrogen) atoms. The van der Waals surface area contributed by atoms with Crippen molar-refractivity contribution < 1.29 is 13.9 Å². The lowest BCUT2D eigenvalue weighted by Gasteiger charge is -2.29. The highest BCUT2D eigenvalue weighted by molar-refractivity contribution is 5.94. The Morgan fingerprint density at radius 2 is 2.00 bits per heavy atom. The Balaban J connectivity index is 1.64. The highest BCUT2D eigenvalue weighted by atomic mass is 19.1. The monoisotopic (exact) mass is 471 g/mol. The Labute approximate surface area is 202 Å². The van der Waals surface area contributed by atoms with Gasteiger partial charge in [-0.1, -0.05) is 13.0 Å². The zero-order chi connectivity index (χ0) is 24.4. The maximum absolute atomic E-state index is 15.5. The standard InChI is InChI=1S/C27H26FN5O2/c1-2-17-12-23(28)22(14-21(17)25(27(29)34)18-4-3-7-30-15-18)26-20-6-5-19(13-24(20)31-16-32-26)33-8-10-35-11-9-33/h3-7,12-16,25H,2,8-11H2,1H3,(H2,29,34). The molecular weight excluding hydrogens is 445 g/mol. The second-order valence-electron chi connectivity index (χ2n) is 8.53. The van der Waals surface area contributed by atoms with E-state index >= 15 is 4.39 Å². The first-order valence-electron chi connectivity index (χ1n) is 11.7. The number of benzene rings is 2. The average Bonchev–Trinajstić information content (AvgIpc) is 2.89. The number of halogens is 1. The van der Waals surface area contributed by atoms with Gasteiger partial charge in [-0.25, -0.2) is 14.4 Å². The number of carbonyl (C=O) groups is 1. The lowest BCUT2D eigenvalue weighted by Crippen LogP contribution is -2.36. The molecule has 0 aliphatic carbocycles. The van der Waals surface area contributed by atoms with E-state index in [4.69, 9.17) is 10.5 Å². The van der Waals surface area contributed by atoms with E-state index in [9.17, 15) is 4.79 Å². The first-order valence-corrected chi connectivity index (χ1v) is 11.7. The molecule has 3 heterocycles. The number of aromatic nitrogens is 3. The number of ether oxygens (including phenoxy) is 1. The fourth-order valence-electron chi connectivity index (χ4n) is 4.71. The van der Waals surface area contributed by atoms with E-state index in [0.717, 1.165) is 29.7 Å². The maximum atomic E-state index is 15.5. The number of nitrogens with zero attached hydrogens (tertiary/aromatic N) is 4. The molecule has 8 heteroatoms. The number of fused-ring (bicyclic) bond motifs is 1. The number of carbonyl (C=O) groups excluding carboxylic acids is 1. The molecule has 4 aromatic rings. The first kappa shape index (κ1) is 22.9. The van der Waals surface area contributed by atoms with Gasteiger partial charge in [0.05, 0.1) is 30.3 Å². The predicted molar refractivity (Wildman–Crippen MR) is 133 cm³/mol. The minimum Gasteiger partial charge on any atom is -0.378 e. The molecule has 1 unspecified atom stereocenters. The van der Waals surface area contributed by atoms with Gasteiger partial charge in [0, 0.05) is 42.1 Å². The van der Waals surface area contributed by atoms with Crippen LogP contribution in [0.3, 0.4) is 0 Å². The van der Waals surface area contributed by atoms with Crippen LogP contribution in [0.25, 0.3) is 22.2 Å². The third-order valence-electron chi connectivity index (χ3n) is 6.47. The largest absolute Gasteiger partial charge is 0.378 e. The van der Waals surface area contributed by atoms with E-state index in [1.807, 2.05) is 25.1 Å². The van der Waals surface area contributed by atoms with Crippen LogP contribution in [0.5, 0.6) is 0 Å². The summed E-state index contributed by atoms with van der Waals surface area (Å²) in [6.45, 7) is 4.91. The third kappa shape index (κ3) is 4.44. The van der Waals surface area contributed by atoms with Crippen LogP contribution in [0.1, 0.15) is 29.5 Å². The number of primary amides is 1. The summed E-state index contributed by atoms with van der Waals surface area (Å²) >= 11 is 0. The number of rotatable bonds is 6. The SMILES string of the molecule is CCc1cc(F)c(-c2ncnc3cc(N4CCOCC4)ccc23)cc1C(C(N)=O)c1cccnc1. The lowest BCUT2D eigenvalue weighted by molar-refractivity contribution is -0.118. The first-order chi connectivity index (χ1) is 17.1. The Morgan fingerprint density at radius 1 is 1.17 bits per heavy atom. The Morgan fingerprint density at radius 3 is 2.71 bits per heavy atom. The van der Waals surface area contributed by atoms with Crippen molar-refractivity contribution in [2.45, 2.75) is 19.3 Å². The summed E-state index contributed by atoms with van der Waals surface area (Å²) in [5, 5.41) is 0.732. The number of morpholine rings is 1. The van der Waals surface area contributed by atoms with E-state index in [0.29, 0.717) is 47.6 Å². The topological polar surface area (TPSA) is 94.2 Å². The van der Waals surface area contributed by atoms with Crippen molar-refractivity contribution in [3.8, 4) is 11.3 Å². The van der Waals surface area contributed by atoms with Crippen molar-refractivity contribution in [3.63, 3.8) is 0 Å². The molecule has 1 fully saturated rings. The molecule has 1 aliphatic rings. The fourth-order valence-corrected chi connectivity index (χ4v) is 4.71. The third-order valence-corrected chi connectivity index (χ3v) is 6.47. The van der Waals surface area contributed by atoms with Crippen molar-refractivity contribution in [2.75, 3.05) is 31.2 Å². The van der Waals surface area contributed by atoms with Gasteiger partial charge in [-0.15, -0.1) is 0 Å². The van der Waals surface area contributed by atoms with Crippen LogP contribution in [-0.2, 0) is 16.0 Å². The smallest absolute Gasteiger partial charge is 0.229 e. The Bertz CT molecular complexity index is 1370. The molecule has 1 amide bonds. The number of amides is 1. The molecule has 2 aromatic carbocycles. The van der Waals surface area contributed by atoms with Crippen molar-refractivity contribution in [1.82, 2.24) is 15.0 Å². The minimum absolute atomic E-state index is 0.305. The number of hydrogen-bond donors (Lipinski definition) is 1. The molecular formula is C27H26FN5O2. The second-order valence-corrected chi connectivity index (χ2v) is 8.53. The predicted octanol–water partition coefficient (Wildman–Crippen LogP) is 3.85. The summed E-state index contributed by atoms with van der Waals surface area (Å²) in [5.74, 6) is -1.68. The van der Waals surface area contributed by atoms with Gasteiger partial charge in [0.25, 0.3) is 0 Å². The van der Waals surface area contributed by atoms with Gasteiger partial charge in [-0.05, 0) is 59.5 Å². The van der Waals surface area contributed by atoms with Gasteiger partial charge in [0.2, 0.25) is 5.91 Å². The molecule has 0 bridgehead atoms. The second kappa shape index (κ2) is 9.76. The zero-order valence-corrected chi connectivity index (χ0v) is 19.4. The number of nitrogens with two attached hydrogens (primary N) is 1. The van der Waals surface area contributed by atoms with Crippen LogP contribution in [-0.4, -0.2) is 47.2 Å². The van der Waals surface area contributed by atoms with Crippen molar-refractivity contribution >= 4 is 22.5 Å². The average molecular weight is 472 g/mol. The fraction of sp³-hybridized carbons (Fsp3) is 0.259. The Hall–Kier alpha value is -3.91. The lowest BCUT2D eigenvalue weighted by atomic mass is 9.85. The van der Waals surface area contributed by atoms with Gasteiger partial charge < -0.3 is 15.4 Å². The summed E-state index contributed by atoms with van der Waals surface area (Å²) < 4.78 is 20.9. The molecule has 0 saturated carbocycles. The molecule has 2 aromatic heterocycles. The summed E-state index contributed by atoms with van der Waals surface area (Å²) in [6.07, 6.45) is 5.24. The number of pyridine rings is 1. The summed E-state index contributed by atoms with van der Waals surface area (Å²) in [7, 11) is 0. The van der Waals surface area contributed by atoms with Crippen molar-refractivity contribution in [1.29, 1.82) is 0 Å². The van der Waals surface area contributed by atoms with Crippen LogP contribution < -0.4 is 10.6 Å². The molecule has 1 saturated heterocycles. The van der Waals surface area contributed by atoms with Crippen LogP contribution in [0.4, 0.5) is 10.1 Å². The van der Waals surface area contributed by atoms with Crippen molar-refractivity contribution in [2.24, 2.45) is 5.73 Å². The van der Waals surface area contributed by atoms with Gasteiger partial charge in [-0.2, -0.15) is 0 Å². The summed E-state index contributed by atoms with van der Waals surface area (Å²) in [4.78, 5) is 27.8. The maximum Gasteiger partial charge on any atom is 0.229 e. The summed E-state index contributed by atoms with van der Waals surface area (Å²) in [5.41, 5.74) is 10.4. The van der Waals surface area contributed by atoms with Gasteiger partial charge in [0.15, 0.2) is 0 Å². The van der Waals surface area contributed by atoms with Crippen LogP contribution >= 0.6 is 0 Å². The highest BCUT2D eigenvalue weighted by Gasteiger charge is 2.26. The highest BCUT2D eigenvalue weighted by Crippen LogP contribution is 2.35. The van der Waals surface area contributed by atoms with Crippen LogP contribution in [0.2, 0.25) is 0 Å². The zero-order valence-electron chi connectivity index (χ0n) is 19.4. The van der Waals surface area contributed by atoms with Gasteiger partial charge in [0.1, 0.15) is 12.1 Å². The summed E-state index contributed by atoms with van der Waals surface area (Å²) in [6, 6.07) is 12.7. The molecule has 7 nitrogen and oxygen atoms in total. The van der Waals surface area contributed by atoms with E-state index < -0.39 is 17.6 Å². The van der Waals surface area contributed by atoms with Crippen molar-refractivity contribution in [3.05, 3.63) is 83.7 Å².